The van der Waals surface area contributed by atoms with E-state index in [1.165, 1.54) is 12.0 Å². The van der Waals surface area contributed by atoms with E-state index >= 15 is 0 Å². The lowest BCUT2D eigenvalue weighted by molar-refractivity contribution is -0.123. The number of carbonyl (C=O) groups is 2. The maximum Gasteiger partial charge on any atom is 0.409 e. The van der Waals surface area contributed by atoms with E-state index < -0.39 is 0 Å². The number of carbonyl (C=O) groups excluding carboxylic acids is 2. The van der Waals surface area contributed by atoms with Crippen molar-refractivity contribution in [1.82, 2.24) is 10.2 Å². The molecule has 2 amide bonds. The molecule has 1 aliphatic carbocycles. The van der Waals surface area contributed by atoms with Crippen LogP contribution in [0.1, 0.15) is 30.6 Å². The SMILES string of the molecule is COC(=O)N1CCC(CNC(=O)C2(c3cccs3)CC2)CC1. The van der Waals surface area contributed by atoms with Gasteiger partial charge in [0, 0.05) is 24.5 Å². The molecule has 3 rings (SSSR count). The second kappa shape index (κ2) is 6.28. The fourth-order valence-electron chi connectivity index (χ4n) is 3.12. The van der Waals surface area contributed by atoms with Gasteiger partial charge in [0.25, 0.3) is 0 Å². The fraction of sp³-hybridized carbons (Fsp3) is 0.625. The first-order chi connectivity index (χ1) is 10.7. The average Bonchev–Trinajstić information content (AvgIpc) is 3.19. The Morgan fingerprint density at radius 1 is 1.41 bits per heavy atom. The Hall–Kier alpha value is -1.56. The zero-order chi connectivity index (χ0) is 15.6. The van der Waals surface area contributed by atoms with Crippen LogP contribution in [-0.2, 0) is 14.9 Å². The average molecular weight is 322 g/mol. The minimum absolute atomic E-state index is 0.172. The molecule has 1 saturated heterocycles. The highest BCUT2D eigenvalue weighted by atomic mass is 32.1. The van der Waals surface area contributed by atoms with Gasteiger partial charge in [-0.05, 0) is 43.0 Å². The summed E-state index contributed by atoms with van der Waals surface area (Å²) in [5, 5.41) is 5.17. The van der Waals surface area contributed by atoms with E-state index in [2.05, 4.69) is 11.4 Å². The lowest BCUT2D eigenvalue weighted by atomic mass is 9.96. The van der Waals surface area contributed by atoms with Crippen LogP contribution in [0.3, 0.4) is 0 Å². The van der Waals surface area contributed by atoms with Gasteiger partial charge in [-0.15, -0.1) is 11.3 Å². The second-order valence-electron chi connectivity index (χ2n) is 6.17. The van der Waals surface area contributed by atoms with Gasteiger partial charge in [0.05, 0.1) is 12.5 Å². The van der Waals surface area contributed by atoms with E-state index in [0.29, 0.717) is 25.6 Å². The number of amides is 2. The summed E-state index contributed by atoms with van der Waals surface area (Å²) in [5.74, 6) is 0.620. The molecule has 22 heavy (non-hydrogen) atoms. The highest BCUT2D eigenvalue weighted by Crippen LogP contribution is 2.50. The highest BCUT2D eigenvalue weighted by molar-refractivity contribution is 7.10. The van der Waals surface area contributed by atoms with Crippen LogP contribution in [0.25, 0.3) is 0 Å². The number of nitrogens with zero attached hydrogens (tertiary/aromatic N) is 1. The van der Waals surface area contributed by atoms with Crippen molar-refractivity contribution >= 4 is 23.3 Å². The minimum Gasteiger partial charge on any atom is -0.453 e. The molecule has 1 aromatic rings. The number of piperidine rings is 1. The molecule has 1 saturated carbocycles. The molecule has 1 aliphatic heterocycles. The maximum absolute atomic E-state index is 12.5. The Labute approximate surface area is 134 Å². The summed E-state index contributed by atoms with van der Waals surface area (Å²) >= 11 is 1.67. The number of ether oxygens (including phenoxy) is 1. The Kier molecular flexibility index (Phi) is 4.38. The van der Waals surface area contributed by atoms with Crippen molar-refractivity contribution in [3.63, 3.8) is 0 Å². The monoisotopic (exact) mass is 322 g/mol. The van der Waals surface area contributed by atoms with Crippen LogP contribution in [0.15, 0.2) is 17.5 Å². The number of likely N-dealkylation sites (tertiary alicyclic amines) is 1. The van der Waals surface area contributed by atoms with Crippen LogP contribution < -0.4 is 5.32 Å². The molecule has 2 fully saturated rings. The number of methoxy groups -OCH3 is 1. The van der Waals surface area contributed by atoms with Crippen molar-refractivity contribution in [3.05, 3.63) is 22.4 Å². The van der Waals surface area contributed by atoms with Crippen LogP contribution in [0.2, 0.25) is 0 Å². The molecule has 5 nitrogen and oxygen atoms in total. The van der Waals surface area contributed by atoms with Crippen LogP contribution in [0.5, 0.6) is 0 Å². The maximum atomic E-state index is 12.5. The smallest absolute Gasteiger partial charge is 0.409 e. The van der Waals surface area contributed by atoms with E-state index in [-0.39, 0.29) is 17.4 Å². The van der Waals surface area contributed by atoms with Gasteiger partial charge in [-0.3, -0.25) is 4.79 Å². The summed E-state index contributed by atoms with van der Waals surface area (Å²) < 4.78 is 4.74. The van der Waals surface area contributed by atoms with Gasteiger partial charge >= 0.3 is 6.09 Å². The van der Waals surface area contributed by atoms with Crippen molar-refractivity contribution in [2.75, 3.05) is 26.7 Å². The summed E-state index contributed by atoms with van der Waals surface area (Å²) in [6, 6.07) is 4.07. The normalized spacial score (nSPS) is 20.5. The highest BCUT2D eigenvalue weighted by Gasteiger charge is 2.52. The molecular weight excluding hydrogens is 300 g/mol. The Balaban J connectivity index is 1.46. The van der Waals surface area contributed by atoms with Crippen molar-refractivity contribution in [3.8, 4) is 0 Å². The molecule has 6 heteroatoms. The standard InChI is InChI=1S/C16H22N2O3S/c1-21-15(20)18-8-4-12(5-9-18)11-17-14(19)16(6-7-16)13-3-2-10-22-13/h2-3,10,12H,4-9,11H2,1H3,(H,17,19). The van der Waals surface area contributed by atoms with E-state index in [1.54, 1.807) is 16.2 Å². The van der Waals surface area contributed by atoms with E-state index in [9.17, 15) is 9.59 Å². The number of thiophene rings is 1. The third kappa shape index (κ3) is 2.97. The van der Waals surface area contributed by atoms with E-state index in [4.69, 9.17) is 4.74 Å². The molecule has 0 spiro atoms. The summed E-state index contributed by atoms with van der Waals surface area (Å²) in [7, 11) is 1.41. The molecule has 120 valence electrons. The molecule has 1 aromatic heterocycles. The first-order valence-electron chi connectivity index (χ1n) is 7.81. The summed E-state index contributed by atoms with van der Waals surface area (Å²) in [4.78, 5) is 26.9. The van der Waals surface area contributed by atoms with Crippen molar-refractivity contribution in [2.45, 2.75) is 31.1 Å². The van der Waals surface area contributed by atoms with Crippen LogP contribution in [-0.4, -0.2) is 43.6 Å². The number of nitrogens with one attached hydrogen (secondary N) is 1. The molecule has 0 bridgehead atoms. The molecule has 2 aliphatic rings. The third-order valence-corrected chi connectivity index (χ3v) is 5.85. The first-order valence-corrected chi connectivity index (χ1v) is 8.69. The lowest BCUT2D eigenvalue weighted by Gasteiger charge is -2.31. The molecule has 1 N–H and O–H groups in total. The third-order valence-electron chi connectivity index (χ3n) is 4.78. The Morgan fingerprint density at radius 2 is 2.14 bits per heavy atom. The largest absolute Gasteiger partial charge is 0.453 e. The van der Waals surface area contributed by atoms with Gasteiger partial charge < -0.3 is 15.0 Å². The second-order valence-corrected chi connectivity index (χ2v) is 7.12. The lowest BCUT2D eigenvalue weighted by Crippen LogP contribution is -2.43. The minimum atomic E-state index is -0.253. The van der Waals surface area contributed by atoms with Gasteiger partial charge in [-0.2, -0.15) is 0 Å². The van der Waals surface area contributed by atoms with Crippen LogP contribution in [0, 0.1) is 5.92 Å². The van der Waals surface area contributed by atoms with Gasteiger partial charge in [0.2, 0.25) is 5.91 Å². The molecular formula is C16H22N2O3S. The van der Waals surface area contributed by atoms with Crippen molar-refractivity contribution in [2.24, 2.45) is 5.92 Å². The van der Waals surface area contributed by atoms with Gasteiger partial charge in [0.15, 0.2) is 0 Å². The molecule has 0 radical (unpaired) electrons. The van der Waals surface area contributed by atoms with Crippen LogP contribution in [0.4, 0.5) is 4.79 Å². The fourth-order valence-corrected chi connectivity index (χ4v) is 4.10. The van der Waals surface area contributed by atoms with Crippen molar-refractivity contribution < 1.29 is 14.3 Å². The van der Waals surface area contributed by atoms with Crippen molar-refractivity contribution in [1.29, 1.82) is 0 Å². The molecule has 0 atom stereocenters. The molecule has 0 unspecified atom stereocenters. The number of hydrogen-bond donors (Lipinski definition) is 1. The molecule has 0 aromatic carbocycles. The van der Waals surface area contributed by atoms with Crippen LogP contribution >= 0.6 is 11.3 Å². The summed E-state index contributed by atoms with van der Waals surface area (Å²) in [6.45, 7) is 2.13. The Bertz CT molecular complexity index is 532. The predicted molar refractivity (Wildman–Crippen MR) is 84.9 cm³/mol. The van der Waals surface area contributed by atoms with E-state index in [1.807, 2.05) is 11.4 Å². The van der Waals surface area contributed by atoms with Gasteiger partial charge in [0.1, 0.15) is 0 Å². The summed E-state index contributed by atoms with van der Waals surface area (Å²) in [6.07, 6.45) is 3.50. The topological polar surface area (TPSA) is 58.6 Å². The first kappa shape index (κ1) is 15.3. The van der Waals surface area contributed by atoms with Gasteiger partial charge in [-0.25, -0.2) is 4.79 Å². The quantitative estimate of drug-likeness (QED) is 0.926. The zero-order valence-electron chi connectivity index (χ0n) is 12.8. The predicted octanol–water partition coefficient (Wildman–Crippen LogP) is 2.37. The zero-order valence-corrected chi connectivity index (χ0v) is 13.7. The Morgan fingerprint density at radius 3 is 2.68 bits per heavy atom. The number of rotatable bonds is 4. The van der Waals surface area contributed by atoms with E-state index in [0.717, 1.165) is 25.7 Å². The summed E-state index contributed by atoms with van der Waals surface area (Å²) in [5.41, 5.74) is -0.249. The van der Waals surface area contributed by atoms with Gasteiger partial charge in [-0.1, -0.05) is 6.07 Å². The number of hydrogen-bond acceptors (Lipinski definition) is 4. The molecule has 2 heterocycles.